The summed E-state index contributed by atoms with van der Waals surface area (Å²) in [6.07, 6.45) is 1.51. The molecule has 134 valence electrons. The number of benzene rings is 1. The van der Waals surface area contributed by atoms with Gasteiger partial charge in [-0.05, 0) is 31.3 Å². The molecule has 1 saturated heterocycles. The first-order valence-corrected chi connectivity index (χ1v) is 8.77. The average molecular weight is 345 g/mol. The highest BCUT2D eigenvalue weighted by Crippen LogP contribution is 2.24. The zero-order valence-electron chi connectivity index (χ0n) is 14.8. The van der Waals surface area contributed by atoms with Crippen LogP contribution in [0.5, 0.6) is 0 Å². The maximum Gasteiger partial charge on any atom is 0.236 e. The van der Waals surface area contributed by atoms with Crippen LogP contribution in [0.25, 0.3) is 10.9 Å². The van der Waals surface area contributed by atoms with E-state index in [9.17, 15) is 9.18 Å². The van der Waals surface area contributed by atoms with E-state index in [1.54, 1.807) is 6.07 Å². The van der Waals surface area contributed by atoms with Gasteiger partial charge in [-0.15, -0.1) is 0 Å². The number of aromatic nitrogens is 2. The molecular weight excluding hydrogens is 321 g/mol. The van der Waals surface area contributed by atoms with Crippen molar-refractivity contribution in [2.45, 2.75) is 13.8 Å². The fourth-order valence-electron chi connectivity index (χ4n) is 3.17. The van der Waals surface area contributed by atoms with Crippen molar-refractivity contribution in [1.29, 1.82) is 0 Å². The molecule has 6 nitrogen and oxygen atoms in total. The Morgan fingerprint density at radius 1 is 1.16 bits per heavy atom. The van der Waals surface area contributed by atoms with E-state index < -0.39 is 0 Å². The molecule has 0 unspecified atom stereocenters. The molecule has 2 heterocycles. The second-order valence-electron chi connectivity index (χ2n) is 6.19. The number of hydrogen-bond acceptors (Lipinski definition) is 5. The van der Waals surface area contributed by atoms with Crippen LogP contribution in [0.15, 0.2) is 24.5 Å². The summed E-state index contributed by atoms with van der Waals surface area (Å²) in [4.78, 5) is 27.1. The van der Waals surface area contributed by atoms with E-state index in [1.165, 1.54) is 18.5 Å². The Balaban J connectivity index is 1.69. The van der Waals surface area contributed by atoms with E-state index in [1.807, 2.05) is 4.90 Å². The van der Waals surface area contributed by atoms with Gasteiger partial charge in [-0.2, -0.15) is 0 Å². The molecule has 0 N–H and O–H groups in total. The van der Waals surface area contributed by atoms with Crippen molar-refractivity contribution in [2.24, 2.45) is 0 Å². The number of amides is 1. The summed E-state index contributed by atoms with van der Waals surface area (Å²) >= 11 is 0. The van der Waals surface area contributed by atoms with Gasteiger partial charge >= 0.3 is 0 Å². The number of hydrogen-bond donors (Lipinski definition) is 0. The van der Waals surface area contributed by atoms with Crippen molar-refractivity contribution in [3.8, 4) is 0 Å². The van der Waals surface area contributed by atoms with Gasteiger partial charge in [-0.3, -0.25) is 9.69 Å². The van der Waals surface area contributed by atoms with Crippen LogP contribution >= 0.6 is 0 Å². The van der Waals surface area contributed by atoms with Gasteiger partial charge in [0, 0.05) is 31.6 Å². The van der Waals surface area contributed by atoms with Crippen LogP contribution in [0.3, 0.4) is 0 Å². The number of halogens is 1. The Hall–Kier alpha value is -2.28. The summed E-state index contributed by atoms with van der Waals surface area (Å²) in [6.45, 7) is 9.03. The number of likely N-dealkylation sites (N-methyl/N-ethyl adjacent to an activating group) is 1. The molecule has 1 amide bonds. The highest BCUT2D eigenvalue weighted by molar-refractivity contribution is 5.89. The van der Waals surface area contributed by atoms with Gasteiger partial charge in [0.25, 0.3) is 0 Å². The van der Waals surface area contributed by atoms with Crippen molar-refractivity contribution in [1.82, 2.24) is 19.8 Å². The van der Waals surface area contributed by atoms with Crippen molar-refractivity contribution in [3.05, 3.63) is 30.3 Å². The molecule has 0 bridgehead atoms. The van der Waals surface area contributed by atoms with Gasteiger partial charge in [0.05, 0.1) is 12.1 Å². The highest BCUT2D eigenvalue weighted by Gasteiger charge is 2.24. The number of nitrogens with zero attached hydrogens (tertiary/aromatic N) is 5. The summed E-state index contributed by atoms with van der Waals surface area (Å²) in [5.41, 5.74) is 0.728. The molecule has 2 aromatic rings. The monoisotopic (exact) mass is 345 g/mol. The van der Waals surface area contributed by atoms with Crippen molar-refractivity contribution in [3.63, 3.8) is 0 Å². The number of fused-ring (bicyclic) bond motifs is 1. The van der Waals surface area contributed by atoms with E-state index >= 15 is 0 Å². The fourth-order valence-corrected chi connectivity index (χ4v) is 3.17. The van der Waals surface area contributed by atoms with Gasteiger partial charge in [0.1, 0.15) is 18.0 Å². The first-order chi connectivity index (χ1) is 12.1. The number of carbonyl (C=O) groups excluding carboxylic acids is 1. The second kappa shape index (κ2) is 7.74. The lowest BCUT2D eigenvalue weighted by molar-refractivity contribution is -0.132. The number of carbonyl (C=O) groups is 1. The molecule has 1 fully saturated rings. The molecule has 1 aromatic heterocycles. The minimum Gasteiger partial charge on any atom is -0.352 e. The van der Waals surface area contributed by atoms with Crippen LogP contribution in [0, 0.1) is 5.82 Å². The summed E-state index contributed by atoms with van der Waals surface area (Å²) in [7, 11) is 0. The quantitative estimate of drug-likeness (QED) is 0.826. The summed E-state index contributed by atoms with van der Waals surface area (Å²) in [5, 5.41) is 0.713. The van der Waals surface area contributed by atoms with Crippen LogP contribution in [-0.2, 0) is 4.79 Å². The zero-order valence-corrected chi connectivity index (χ0v) is 14.8. The second-order valence-corrected chi connectivity index (χ2v) is 6.19. The third kappa shape index (κ3) is 3.87. The topological polar surface area (TPSA) is 52.6 Å². The fraction of sp³-hybridized carbons (Fsp3) is 0.500. The SMILES string of the molecule is CCN(CC)CC(=O)N1CCN(c2ncnc3ccc(F)cc23)CC1. The van der Waals surface area contributed by atoms with E-state index in [0.29, 0.717) is 38.1 Å². The molecule has 0 saturated carbocycles. The van der Waals surface area contributed by atoms with E-state index in [4.69, 9.17) is 0 Å². The van der Waals surface area contributed by atoms with Gasteiger partial charge in [0.2, 0.25) is 5.91 Å². The third-order valence-electron chi connectivity index (χ3n) is 4.76. The number of rotatable bonds is 5. The van der Waals surface area contributed by atoms with Crippen LogP contribution < -0.4 is 4.90 Å². The van der Waals surface area contributed by atoms with Gasteiger partial charge in [-0.25, -0.2) is 14.4 Å². The minimum absolute atomic E-state index is 0.168. The van der Waals surface area contributed by atoms with E-state index in [-0.39, 0.29) is 11.7 Å². The maximum atomic E-state index is 13.6. The van der Waals surface area contributed by atoms with Crippen molar-refractivity contribution >= 4 is 22.6 Å². The van der Waals surface area contributed by atoms with Gasteiger partial charge in [0.15, 0.2) is 0 Å². The lowest BCUT2D eigenvalue weighted by atomic mass is 10.2. The molecule has 25 heavy (non-hydrogen) atoms. The lowest BCUT2D eigenvalue weighted by Crippen LogP contribution is -2.51. The first kappa shape index (κ1) is 17.5. The normalized spacial score (nSPS) is 15.2. The molecule has 1 aromatic carbocycles. The minimum atomic E-state index is -0.295. The average Bonchev–Trinajstić information content (AvgIpc) is 2.65. The zero-order chi connectivity index (χ0) is 17.8. The Labute approximate surface area is 147 Å². The maximum absolute atomic E-state index is 13.6. The highest BCUT2D eigenvalue weighted by atomic mass is 19.1. The summed E-state index contributed by atoms with van der Waals surface area (Å²) < 4.78 is 13.6. The number of anilines is 1. The summed E-state index contributed by atoms with van der Waals surface area (Å²) in [5.74, 6) is 0.610. The first-order valence-electron chi connectivity index (χ1n) is 8.77. The molecule has 0 spiro atoms. The molecule has 1 aliphatic heterocycles. The smallest absolute Gasteiger partial charge is 0.236 e. The largest absolute Gasteiger partial charge is 0.352 e. The molecule has 1 aliphatic rings. The Morgan fingerprint density at radius 3 is 2.56 bits per heavy atom. The van der Waals surface area contributed by atoms with Crippen LogP contribution in [0.1, 0.15) is 13.8 Å². The van der Waals surface area contributed by atoms with Crippen LogP contribution in [-0.4, -0.2) is 71.5 Å². The Morgan fingerprint density at radius 2 is 1.88 bits per heavy atom. The van der Waals surface area contributed by atoms with E-state index in [0.717, 1.165) is 24.4 Å². The lowest BCUT2D eigenvalue weighted by Gasteiger charge is -2.36. The molecule has 3 rings (SSSR count). The summed E-state index contributed by atoms with van der Waals surface area (Å²) in [6, 6.07) is 4.55. The van der Waals surface area contributed by atoms with Crippen LogP contribution in [0.2, 0.25) is 0 Å². The third-order valence-corrected chi connectivity index (χ3v) is 4.76. The molecule has 7 heteroatoms. The molecule has 0 atom stereocenters. The van der Waals surface area contributed by atoms with E-state index in [2.05, 4.69) is 33.6 Å². The number of piperazine rings is 1. The molecule has 0 aliphatic carbocycles. The van der Waals surface area contributed by atoms with Gasteiger partial charge < -0.3 is 9.80 Å². The predicted molar refractivity (Wildman–Crippen MR) is 96.1 cm³/mol. The Kier molecular flexibility index (Phi) is 5.43. The predicted octanol–water partition coefficient (Wildman–Crippen LogP) is 1.76. The van der Waals surface area contributed by atoms with Crippen molar-refractivity contribution < 1.29 is 9.18 Å². The van der Waals surface area contributed by atoms with Crippen LogP contribution in [0.4, 0.5) is 10.2 Å². The van der Waals surface area contributed by atoms with Crippen molar-refractivity contribution in [2.75, 3.05) is 50.7 Å². The molecular formula is C18H24FN5O. The van der Waals surface area contributed by atoms with Gasteiger partial charge in [-0.1, -0.05) is 13.8 Å². The Bertz CT molecular complexity index is 741. The standard InChI is InChI=1S/C18H24FN5O/c1-3-22(4-2)12-17(25)23-7-9-24(10-8-23)18-15-11-14(19)5-6-16(15)20-13-21-18/h5-6,11,13H,3-4,7-10,12H2,1-2H3. The molecule has 0 radical (unpaired) electrons.